The fourth-order valence-corrected chi connectivity index (χ4v) is 1.40. The molecule has 0 aliphatic carbocycles. The van der Waals surface area contributed by atoms with Gasteiger partial charge in [-0.05, 0) is 24.6 Å². The van der Waals surface area contributed by atoms with Gasteiger partial charge in [-0.15, -0.1) is 0 Å². The van der Waals surface area contributed by atoms with E-state index in [1.54, 1.807) is 6.07 Å². The molecule has 4 heteroatoms. The van der Waals surface area contributed by atoms with Crippen molar-refractivity contribution in [2.24, 2.45) is 0 Å². The summed E-state index contributed by atoms with van der Waals surface area (Å²) < 4.78 is 5.80. The molecular weight excluding hydrogens is 222 g/mol. The summed E-state index contributed by atoms with van der Waals surface area (Å²) >= 11 is 3.35. The normalized spacial score (nSPS) is 10.8. The first-order chi connectivity index (χ1) is 5.66. The van der Waals surface area contributed by atoms with Crippen LogP contribution in [0.25, 0.3) is 11.1 Å². The van der Waals surface area contributed by atoms with Crippen molar-refractivity contribution in [3.63, 3.8) is 0 Å². The topological polar surface area (TPSA) is 46.0 Å². The zero-order chi connectivity index (χ0) is 8.72. The van der Waals surface area contributed by atoms with Crippen molar-refractivity contribution in [2.75, 3.05) is 0 Å². The van der Waals surface area contributed by atoms with Crippen LogP contribution < -0.4 is 5.76 Å². The Bertz CT molecular complexity index is 441. The van der Waals surface area contributed by atoms with Gasteiger partial charge >= 0.3 is 5.76 Å². The summed E-state index contributed by atoms with van der Waals surface area (Å²) in [4.78, 5) is 13.4. The minimum Gasteiger partial charge on any atom is -0.408 e. The van der Waals surface area contributed by atoms with Crippen LogP contribution in [0.1, 0.15) is 5.56 Å². The van der Waals surface area contributed by atoms with Gasteiger partial charge in [-0.3, -0.25) is 4.98 Å². The van der Waals surface area contributed by atoms with Gasteiger partial charge in [0.1, 0.15) is 0 Å². The van der Waals surface area contributed by atoms with Crippen molar-refractivity contribution in [1.29, 1.82) is 0 Å². The van der Waals surface area contributed by atoms with Crippen LogP contribution in [0.4, 0.5) is 0 Å². The van der Waals surface area contributed by atoms with Crippen LogP contribution in [-0.2, 0) is 0 Å². The Morgan fingerprint density at radius 2 is 2.25 bits per heavy atom. The molecule has 0 bridgehead atoms. The van der Waals surface area contributed by atoms with Gasteiger partial charge in [0.25, 0.3) is 0 Å². The monoisotopic (exact) mass is 227 g/mol. The lowest BCUT2D eigenvalue weighted by Crippen LogP contribution is -1.92. The molecular formula is C8H6BrNO2. The van der Waals surface area contributed by atoms with Gasteiger partial charge in [0.15, 0.2) is 5.58 Å². The molecule has 1 aromatic carbocycles. The predicted molar refractivity (Wildman–Crippen MR) is 49.3 cm³/mol. The number of benzene rings is 1. The fraction of sp³-hybridized carbons (Fsp3) is 0.125. The first-order valence-electron chi connectivity index (χ1n) is 3.46. The number of halogens is 1. The summed E-state index contributed by atoms with van der Waals surface area (Å²) in [5.74, 6) is -0.414. The third kappa shape index (κ3) is 1.08. The lowest BCUT2D eigenvalue weighted by Gasteiger charge is -1.94. The van der Waals surface area contributed by atoms with Crippen LogP contribution >= 0.6 is 15.9 Å². The summed E-state index contributed by atoms with van der Waals surface area (Å²) in [6.45, 7) is 1.95. The molecule has 12 heavy (non-hydrogen) atoms. The first-order valence-corrected chi connectivity index (χ1v) is 4.25. The number of aromatic nitrogens is 1. The maximum Gasteiger partial charge on any atom is 0.417 e. The molecule has 2 aromatic rings. The second-order valence-electron chi connectivity index (χ2n) is 2.61. The molecule has 1 aromatic heterocycles. The molecule has 0 aliphatic rings. The van der Waals surface area contributed by atoms with Crippen molar-refractivity contribution >= 4 is 27.0 Å². The maximum absolute atomic E-state index is 10.8. The highest BCUT2D eigenvalue weighted by molar-refractivity contribution is 9.10. The third-order valence-corrected chi connectivity index (χ3v) is 2.55. The molecule has 1 heterocycles. The summed E-state index contributed by atoms with van der Waals surface area (Å²) in [7, 11) is 0. The zero-order valence-electron chi connectivity index (χ0n) is 6.35. The Morgan fingerprint density at radius 1 is 1.50 bits per heavy atom. The number of hydrogen-bond acceptors (Lipinski definition) is 2. The minimum atomic E-state index is -0.414. The van der Waals surface area contributed by atoms with Crippen molar-refractivity contribution in [3.8, 4) is 0 Å². The van der Waals surface area contributed by atoms with Gasteiger partial charge in [-0.1, -0.05) is 15.9 Å². The number of nitrogens with one attached hydrogen (secondary N) is 1. The van der Waals surface area contributed by atoms with Gasteiger partial charge in [-0.2, -0.15) is 0 Å². The molecule has 0 atom stereocenters. The average Bonchev–Trinajstić information content (AvgIpc) is 2.30. The summed E-state index contributed by atoms with van der Waals surface area (Å²) in [6.07, 6.45) is 0. The Kier molecular flexibility index (Phi) is 1.58. The molecule has 0 saturated carbocycles. The van der Waals surface area contributed by atoms with Crippen LogP contribution in [-0.4, -0.2) is 4.98 Å². The van der Waals surface area contributed by atoms with Gasteiger partial charge in [0.2, 0.25) is 0 Å². The van der Waals surface area contributed by atoms with Crippen LogP contribution in [0, 0.1) is 6.92 Å². The third-order valence-electron chi connectivity index (χ3n) is 1.70. The van der Waals surface area contributed by atoms with Crippen molar-refractivity contribution < 1.29 is 4.42 Å². The summed E-state index contributed by atoms with van der Waals surface area (Å²) in [5, 5.41) is 0. The van der Waals surface area contributed by atoms with Gasteiger partial charge in [0, 0.05) is 4.47 Å². The van der Waals surface area contributed by atoms with Crippen LogP contribution in [0.2, 0.25) is 0 Å². The molecule has 1 N–H and O–H groups in total. The number of aromatic amines is 1. The summed E-state index contributed by atoms with van der Waals surface area (Å²) in [6, 6.07) is 3.65. The van der Waals surface area contributed by atoms with Crippen LogP contribution in [0.3, 0.4) is 0 Å². The Hall–Kier alpha value is -1.03. The second kappa shape index (κ2) is 2.48. The molecule has 62 valence electrons. The van der Waals surface area contributed by atoms with E-state index in [1.807, 2.05) is 13.0 Å². The molecule has 0 fully saturated rings. The Labute approximate surface area is 76.5 Å². The highest BCUT2D eigenvalue weighted by Gasteiger charge is 2.03. The van der Waals surface area contributed by atoms with E-state index < -0.39 is 5.76 Å². The van der Waals surface area contributed by atoms with E-state index in [2.05, 4.69) is 20.9 Å². The van der Waals surface area contributed by atoms with Crippen LogP contribution in [0.5, 0.6) is 0 Å². The number of aryl methyl sites for hydroxylation is 1. The van der Waals surface area contributed by atoms with Crippen molar-refractivity contribution in [2.45, 2.75) is 6.92 Å². The molecule has 0 amide bonds. The molecule has 2 rings (SSSR count). The van der Waals surface area contributed by atoms with Crippen molar-refractivity contribution in [1.82, 2.24) is 4.98 Å². The van der Waals surface area contributed by atoms with E-state index in [4.69, 9.17) is 4.42 Å². The van der Waals surface area contributed by atoms with Gasteiger partial charge in [0.05, 0.1) is 5.52 Å². The van der Waals surface area contributed by atoms with Crippen molar-refractivity contribution in [3.05, 3.63) is 32.7 Å². The molecule has 3 nitrogen and oxygen atoms in total. The van der Waals surface area contributed by atoms with E-state index in [1.165, 1.54) is 0 Å². The van der Waals surface area contributed by atoms with Gasteiger partial charge < -0.3 is 4.42 Å². The number of hydrogen-bond donors (Lipinski definition) is 1. The minimum absolute atomic E-state index is 0.414. The zero-order valence-corrected chi connectivity index (χ0v) is 7.94. The number of H-pyrrole nitrogens is 1. The highest BCUT2D eigenvalue weighted by atomic mass is 79.9. The van der Waals surface area contributed by atoms with E-state index in [9.17, 15) is 4.79 Å². The lowest BCUT2D eigenvalue weighted by atomic mass is 10.2. The SMILES string of the molecule is Cc1cc2[nH]c(=O)oc2cc1Br. The molecule has 0 unspecified atom stereocenters. The molecule has 0 radical (unpaired) electrons. The van der Waals surface area contributed by atoms with E-state index in [0.29, 0.717) is 5.58 Å². The van der Waals surface area contributed by atoms with E-state index >= 15 is 0 Å². The molecule has 0 saturated heterocycles. The lowest BCUT2D eigenvalue weighted by molar-refractivity contribution is 0.555. The predicted octanol–water partition coefficient (Wildman–Crippen LogP) is 2.19. The van der Waals surface area contributed by atoms with E-state index in [0.717, 1.165) is 15.6 Å². The Morgan fingerprint density at radius 3 is 3.00 bits per heavy atom. The van der Waals surface area contributed by atoms with Gasteiger partial charge in [-0.25, -0.2) is 4.79 Å². The summed E-state index contributed by atoms with van der Waals surface area (Å²) in [5.41, 5.74) is 2.39. The first kappa shape index (κ1) is 7.61. The van der Waals surface area contributed by atoms with Crippen LogP contribution in [0.15, 0.2) is 25.8 Å². The number of rotatable bonds is 0. The second-order valence-corrected chi connectivity index (χ2v) is 3.47. The quantitative estimate of drug-likeness (QED) is 0.751. The largest absolute Gasteiger partial charge is 0.417 e. The molecule has 0 aliphatic heterocycles. The number of oxazole rings is 1. The Balaban J connectivity index is 2.92. The number of fused-ring (bicyclic) bond motifs is 1. The molecule has 0 spiro atoms. The van der Waals surface area contributed by atoms with E-state index in [-0.39, 0.29) is 0 Å². The average molecular weight is 228 g/mol. The maximum atomic E-state index is 10.8. The smallest absolute Gasteiger partial charge is 0.408 e. The standard InChI is InChI=1S/C8H6BrNO2/c1-4-2-6-7(3-5(4)9)12-8(11)10-6/h2-3H,1H3,(H,10,11). The fourth-order valence-electron chi connectivity index (χ4n) is 1.08. The highest BCUT2D eigenvalue weighted by Crippen LogP contribution is 2.21.